The number of unbranched alkanes of at least 4 members (excludes halogenated alkanes) is 12. The molecule has 0 aromatic carbocycles. The minimum atomic E-state index is -0.00369. The van der Waals surface area contributed by atoms with Crippen LogP contribution in [0.5, 0.6) is 0 Å². The molecule has 0 fully saturated rings. The molecule has 0 bridgehead atoms. The van der Waals surface area contributed by atoms with E-state index in [9.17, 15) is 19.8 Å². The number of hydrogen-bond donors (Lipinski definition) is 4. The van der Waals surface area contributed by atoms with Crippen molar-refractivity contribution in [2.75, 3.05) is 13.2 Å². The van der Waals surface area contributed by atoms with Crippen LogP contribution in [0.1, 0.15) is 128 Å². The average Bonchev–Trinajstić information content (AvgIpc) is 2.75. The Labute approximate surface area is 208 Å². The summed E-state index contributed by atoms with van der Waals surface area (Å²) in [7, 11) is 0. The van der Waals surface area contributed by atoms with Gasteiger partial charge in [-0.3, -0.25) is 9.59 Å². The summed E-state index contributed by atoms with van der Waals surface area (Å²) in [4.78, 5) is 21.6. The second-order valence-corrected chi connectivity index (χ2v) is 10.4. The van der Waals surface area contributed by atoms with E-state index >= 15 is 0 Å². The van der Waals surface area contributed by atoms with E-state index in [-0.39, 0.29) is 23.4 Å². The minimum Gasteiger partial charge on any atom is -0.396 e. The molecule has 4 nitrogen and oxygen atoms in total. The van der Waals surface area contributed by atoms with Crippen molar-refractivity contribution in [1.82, 2.24) is 0 Å². The van der Waals surface area contributed by atoms with Gasteiger partial charge in [0.15, 0.2) is 10.2 Å². The molecule has 0 rings (SSSR count). The van der Waals surface area contributed by atoms with Crippen LogP contribution < -0.4 is 0 Å². The molecule has 0 heterocycles. The van der Waals surface area contributed by atoms with Crippen molar-refractivity contribution in [2.45, 2.75) is 128 Å². The zero-order chi connectivity index (χ0) is 23.9. The predicted octanol–water partition coefficient (Wildman–Crippen LogP) is 6.92. The van der Waals surface area contributed by atoms with Crippen molar-refractivity contribution in [3.05, 3.63) is 0 Å². The van der Waals surface area contributed by atoms with Crippen molar-refractivity contribution in [2.24, 2.45) is 11.8 Å². The van der Waals surface area contributed by atoms with Crippen LogP contribution in [0, 0.1) is 11.8 Å². The van der Waals surface area contributed by atoms with Crippen molar-refractivity contribution >= 4 is 35.5 Å². The van der Waals surface area contributed by atoms with E-state index in [4.69, 9.17) is 0 Å². The maximum absolute atomic E-state index is 10.8. The third-order valence-corrected chi connectivity index (χ3v) is 7.04. The lowest BCUT2D eigenvalue weighted by Crippen LogP contribution is -2.18. The number of aliphatic hydroxyl groups is 2. The van der Waals surface area contributed by atoms with Crippen LogP contribution in [0.25, 0.3) is 0 Å². The molecule has 0 unspecified atom stereocenters. The number of aliphatic hydroxyl groups excluding tert-OH is 2. The first-order valence-electron chi connectivity index (χ1n) is 13.2. The van der Waals surface area contributed by atoms with Gasteiger partial charge < -0.3 is 10.2 Å². The molecule has 0 aliphatic carbocycles. The Balaban J connectivity index is 3.95. The van der Waals surface area contributed by atoms with Gasteiger partial charge in [0.05, 0.1) is 0 Å². The lowest BCUT2D eigenvalue weighted by molar-refractivity contribution is -0.111. The summed E-state index contributed by atoms with van der Waals surface area (Å²) in [5.74, 6) is 1.04. The van der Waals surface area contributed by atoms with Gasteiger partial charge in [-0.15, -0.1) is 25.3 Å². The summed E-state index contributed by atoms with van der Waals surface area (Å²) in [5, 5.41) is 19.1. The fourth-order valence-corrected chi connectivity index (χ4v) is 5.01. The lowest BCUT2D eigenvalue weighted by atomic mass is 9.80. The van der Waals surface area contributed by atoms with Crippen molar-refractivity contribution in [3.63, 3.8) is 0 Å². The highest BCUT2D eigenvalue weighted by Gasteiger charge is 2.20. The highest BCUT2D eigenvalue weighted by molar-refractivity contribution is 7.96. The van der Waals surface area contributed by atoms with Crippen LogP contribution in [0.15, 0.2) is 0 Å². The molecule has 0 aromatic heterocycles. The normalized spacial score (nSPS) is 13.2. The van der Waals surface area contributed by atoms with E-state index < -0.39 is 0 Å². The van der Waals surface area contributed by atoms with Crippen LogP contribution in [-0.4, -0.2) is 33.7 Å². The lowest BCUT2D eigenvalue weighted by Gasteiger charge is -2.26. The first-order valence-corrected chi connectivity index (χ1v) is 14.1. The summed E-state index contributed by atoms with van der Waals surface area (Å²) in [6.07, 6.45) is 21.6. The van der Waals surface area contributed by atoms with Crippen LogP contribution in [-0.2, 0) is 9.59 Å². The summed E-state index contributed by atoms with van der Waals surface area (Å²) >= 11 is 7.61. The highest BCUT2D eigenvalue weighted by Crippen LogP contribution is 2.30. The van der Waals surface area contributed by atoms with Gasteiger partial charge in [-0.05, 0) is 37.5 Å². The molecule has 0 spiro atoms. The third kappa shape index (κ3) is 21.8. The van der Waals surface area contributed by atoms with Gasteiger partial charge in [-0.1, -0.05) is 89.9 Å². The Bertz CT molecular complexity index is 406. The molecule has 0 saturated heterocycles. The van der Waals surface area contributed by atoms with Gasteiger partial charge in [0, 0.05) is 26.1 Å². The predicted molar refractivity (Wildman–Crippen MR) is 141 cm³/mol. The van der Waals surface area contributed by atoms with Crippen molar-refractivity contribution < 1.29 is 19.8 Å². The second-order valence-electron chi connectivity index (χ2n) is 9.36. The Morgan fingerprint density at radius 3 is 1.03 bits per heavy atom. The number of hydrogen-bond acceptors (Lipinski definition) is 4. The average molecular weight is 491 g/mol. The van der Waals surface area contributed by atoms with Gasteiger partial charge in [-0.2, -0.15) is 0 Å². The summed E-state index contributed by atoms with van der Waals surface area (Å²) in [6, 6.07) is 0. The molecular weight excluding hydrogens is 440 g/mol. The van der Waals surface area contributed by atoms with Gasteiger partial charge in [0.1, 0.15) is 0 Å². The van der Waals surface area contributed by atoms with E-state index in [1.807, 2.05) is 0 Å². The molecule has 0 radical (unpaired) electrons. The molecule has 0 aromatic rings. The Hall–Kier alpha value is -0.0400. The summed E-state index contributed by atoms with van der Waals surface area (Å²) < 4.78 is 0. The minimum absolute atomic E-state index is 0.00369. The highest BCUT2D eigenvalue weighted by atomic mass is 32.1. The first-order chi connectivity index (χ1) is 15.5. The van der Waals surface area contributed by atoms with E-state index in [1.165, 1.54) is 64.2 Å². The first kappa shape index (κ1) is 32.0. The van der Waals surface area contributed by atoms with Crippen molar-refractivity contribution in [3.8, 4) is 0 Å². The molecule has 2 N–H and O–H groups in total. The third-order valence-electron chi connectivity index (χ3n) is 6.60. The fraction of sp³-hybridized carbons (Fsp3) is 0.923. The SMILES string of the molecule is O=C(S)CCCCCCCCC[C@@H](CCO)[C@@H](CCO)CCCCCCCCCC(=O)S. The fourth-order valence-electron chi connectivity index (χ4n) is 4.70. The monoisotopic (exact) mass is 490 g/mol. The molecule has 0 saturated carbocycles. The maximum atomic E-state index is 10.8. The molecule has 190 valence electrons. The van der Waals surface area contributed by atoms with Crippen LogP contribution in [0.3, 0.4) is 0 Å². The molecule has 0 amide bonds. The number of thiol groups is 2. The second kappa shape index (κ2) is 24.1. The van der Waals surface area contributed by atoms with Crippen LogP contribution in [0.2, 0.25) is 0 Å². The van der Waals surface area contributed by atoms with E-state index in [1.54, 1.807) is 0 Å². The van der Waals surface area contributed by atoms with Crippen LogP contribution in [0.4, 0.5) is 0 Å². The van der Waals surface area contributed by atoms with E-state index in [0.717, 1.165) is 51.4 Å². The number of carbonyl (C=O) groups is 2. The molecule has 6 heteroatoms. The molecule has 2 atom stereocenters. The number of carbonyl (C=O) groups excluding carboxylic acids is 2. The Kier molecular flexibility index (Phi) is 24.1. The quantitative estimate of drug-likeness (QED) is 0.0828. The van der Waals surface area contributed by atoms with Gasteiger partial charge in [0.2, 0.25) is 0 Å². The van der Waals surface area contributed by atoms with Gasteiger partial charge in [0.25, 0.3) is 0 Å². The zero-order valence-corrected chi connectivity index (χ0v) is 22.1. The van der Waals surface area contributed by atoms with Crippen LogP contribution >= 0.6 is 25.3 Å². The topological polar surface area (TPSA) is 74.6 Å². The zero-order valence-electron chi connectivity index (χ0n) is 20.3. The van der Waals surface area contributed by atoms with Gasteiger partial charge in [-0.25, -0.2) is 0 Å². The van der Waals surface area contributed by atoms with E-state index in [2.05, 4.69) is 25.3 Å². The summed E-state index contributed by atoms with van der Waals surface area (Å²) in [5.41, 5.74) is 0. The Morgan fingerprint density at radius 1 is 0.469 bits per heavy atom. The summed E-state index contributed by atoms with van der Waals surface area (Å²) in [6.45, 7) is 0.483. The van der Waals surface area contributed by atoms with Crippen molar-refractivity contribution in [1.29, 1.82) is 0 Å². The van der Waals surface area contributed by atoms with Gasteiger partial charge >= 0.3 is 0 Å². The molecule has 0 aliphatic heterocycles. The van der Waals surface area contributed by atoms with E-state index in [0.29, 0.717) is 24.7 Å². The number of rotatable bonds is 25. The smallest absolute Gasteiger partial charge is 0.185 e. The molecular formula is C26H50O4S2. The maximum Gasteiger partial charge on any atom is 0.185 e. The standard InChI is InChI=1S/C26H50O4S2/c27-21-19-23(15-11-7-3-1-5-9-13-17-25(29)31)24(20-22-28)16-12-8-4-2-6-10-14-18-26(30)32/h23-24,27-28H,1-22H2,(H,29,31)(H,30,32)/t23-,24+. The molecule has 32 heavy (non-hydrogen) atoms. The molecule has 0 aliphatic rings. The largest absolute Gasteiger partial charge is 0.396 e. The Morgan fingerprint density at radius 2 is 0.750 bits per heavy atom.